The summed E-state index contributed by atoms with van der Waals surface area (Å²) in [6.45, 7) is 0. The minimum Gasteiger partial charge on any atom is -0.390 e. The zero-order valence-corrected chi connectivity index (χ0v) is 9.36. The molecule has 1 unspecified atom stereocenters. The summed E-state index contributed by atoms with van der Waals surface area (Å²) in [4.78, 5) is 0. The van der Waals surface area contributed by atoms with E-state index >= 15 is 0 Å². The number of fused-ring (bicyclic) bond motifs is 3. The maximum atomic E-state index is 9.98. The molecule has 0 amide bonds. The summed E-state index contributed by atoms with van der Waals surface area (Å²) in [6.07, 6.45) is 5.50. The van der Waals surface area contributed by atoms with Gasteiger partial charge in [-0.1, -0.05) is 0 Å². The van der Waals surface area contributed by atoms with E-state index in [1.54, 1.807) is 7.11 Å². The molecule has 3 aliphatic carbocycles. The standard InChI is InChI=1S/C12H21NO2/c1-15-10-6-12(5-9(10)14)8-3-2-7(4-8)11(12)13/h7-11,14H,2-6,13H2,1H3/t7-,8+,9?,10-,11-,12+/m0/s1. The van der Waals surface area contributed by atoms with Crippen LogP contribution >= 0.6 is 0 Å². The van der Waals surface area contributed by atoms with Crippen molar-refractivity contribution in [2.75, 3.05) is 7.11 Å². The third kappa shape index (κ3) is 1.17. The van der Waals surface area contributed by atoms with Crippen LogP contribution in [0.4, 0.5) is 0 Å². The first-order valence-electron chi connectivity index (χ1n) is 6.14. The molecule has 3 N–H and O–H groups in total. The van der Waals surface area contributed by atoms with Gasteiger partial charge in [0.05, 0.1) is 12.2 Å². The molecule has 0 saturated heterocycles. The molecule has 3 heteroatoms. The monoisotopic (exact) mass is 211 g/mol. The highest BCUT2D eigenvalue weighted by Gasteiger charge is 2.61. The predicted octanol–water partition coefficient (Wildman–Crippen LogP) is 0.900. The summed E-state index contributed by atoms with van der Waals surface area (Å²) in [5.41, 5.74) is 6.58. The number of aliphatic hydroxyl groups is 1. The lowest BCUT2D eigenvalue weighted by Gasteiger charge is -2.39. The number of aliphatic hydroxyl groups excluding tert-OH is 1. The Morgan fingerprint density at radius 2 is 2.13 bits per heavy atom. The van der Waals surface area contributed by atoms with Crippen molar-refractivity contribution in [3.05, 3.63) is 0 Å². The molecule has 86 valence electrons. The molecule has 0 aromatic rings. The van der Waals surface area contributed by atoms with Gasteiger partial charge in [-0.3, -0.25) is 0 Å². The Morgan fingerprint density at radius 3 is 2.67 bits per heavy atom. The maximum Gasteiger partial charge on any atom is 0.0836 e. The summed E-state index contributed by atoms with van der Waals surface area (Å²) in [5, 5.41) is 9.98. The fraction of sp³-hybridized carbons (Fsp3) is 1.00. The van der Waals surface area contributed by atoms with Crippen molar-refractivity contribution < 1.29 is 9.84 Å². The molecule has 2 bridgehead atoms. The minimum atomic E-state index is -0.291. The van der Waals surface area contributed by atoms with Gasteiger partial charge in [0.25, 0.3) is 0 Å². The number of hydrogen-bond donors (Lipinski definition) is 2. The molecule has 15 heavy (non-hydrogen) atoms. The first kappa shape index (κ1) is 10.1. The highest BCUT2D eigenvalue weighted by atomic mass is 16.5. The van der Waals surface area contributed by atoms with Crippen molar-refractivity contribution in [1.29, 1.82) is 0 Å². The number of rotatable bonds is 1. The Balaban J connectivity index is 1.86. The first-order chi connectivity index (χ1) is 7.17. The lowest BCUT2D eigenvalue weighted by atomic mass is 9.69. The summed E-state index contributed by atoms with van der Waals surface area (Å²) in [6, 6.07) is 0.311. The Kier molecular flexibility index (Phi) is 2.14. The van der Waals surface area contributed by atoms with Crippen molar-refractivity contribution in [2.45, 2.75) is 50.4 Å². The molecule has 3 aliphatic rings. The minimum absolute atomic E-state index is 0.0235. The van der Waals surface area contributed by atoms with Gasteiger partial charge in [0.2, 0.25) is 0 Å². The zero-order chi connectivity index (χ0) is 10.6. The van der Waals surface area contributed by atoms with E-state index in [4.69, 9.17) is 10.5 Å². The summed E-state index contributed by atoms with van der Waals surface area (Å²) < 4.78 is 5.36. The molecular weight excluding hydrogens is 190 g/mol. The molecule has 3 nitrogen and oxygen atoms in total. The fourth-order valence-electron chi connectivity index (χ4n) is 4.57. The van der Waals surface area contributed by atoms with E-state index in [9.17, 15) is 5.11 Å². The van der Waals surface area contributed by atoms with E-state index < -0.39 is 0 Å². The quantitative estimate of drug-likeness (QED) is 0.677. The van der Waals surface area contributed by atoms with Gasteiger partial charge in [-0.25, -0.2) is 0 Å². The van der Waals surface area contributed by atoms with Crippen LogP contribution in [0.15, 0.2) is 0 Å². The van der Waals surface area contributed by atoms with Crippen LogP contribution in [0.2, 0.25) is 0 Å². The molecular formula is C12H21NO2. The molecule has 3 rings (SSSR count). The Hall–Kier alpha value is -0.120. The summed E-state index contributed by atoms with van der Waals surface area (Å²) in [5.74, 6) is 1.48. The zero-order valence-electron chi connectivity index (χ0n) is 9.36. The van der Waals surface area contributed by atoms with Crippen LogP contribution < -0.4 is 5.73 Å². The van der Waals surface area contributed by atoms with Crippen LogP contribution in [0.5, 0.6) is 0 Å². The molecule has 0 aromatic heterocycles. The lowest BCUT2D eigenvalue weighted by Crippen LogP contribution is -2.45. The second-order valence-corrected chi connectivity index (χ2v) is 5.78. The second kappa shape index (κ2) is 3.19. The van der Waals surface area contributed by atoms with Crippen molar-refractivity contribution in [3.8, 4) is 0 Å². The van der Waals surface area contributed by atoms with Gasteiger partial charge in [-0.05, 0) is 49.4 Å². The summed E-state index contributed by atoms with van der Waals surface area (Å²) >= 11 is 0. The smallest absolute Gasteiger partial charge is 0.0836 e. The van der Waals surface area contributed by atoms with E-state index in [2.05, 4.69) is 0 Å². The van der Waals surface area contributed by atoms with Crippen molar-refractivity contribution in [3.63, 3.8) is 0 Å². The molecule has 0 radical (unpaired) electrons. The Bertz CT molecular complexity index is 266. The number of hydrogen-bond acceptors (Lipinski definition) is 3. The van der Waals surface area contributed by atoms with Gasteiger partial charge in [0, 0.05) is 13.2 Å². The third-order valence-electron chi connectivity index (χ3n) is 5.36. The molecule has 0 aliphatic heterocycles. The van der Waals surface area contributed by atoms with E-state index in [1.807, 2.05) is 0 Å². The van der Waals surface area contributed by atoms with E-state index in [-0.39, 0.29) is 17.6 Å². The van der Waals surface area contributed by atoms with E-state index in [1.165, 1.54) is 19.3 Å². The fourth-order valence-corrected chi connectivity index (χ4v) is 4.57. The van der Waals surface area contributed by atoms with Crippen LogP contribution in [-0.4, -0.2) is 30.5 Å². The number of methoxy groups -OCH3 is 1. The Labute approximate surface area is 91.0 Å². The average Bonchev–Trinajstić information content (AvgIpc) is 2.85. The number of ether oxygens (including phenoxy) is 1. The van der Waals surface area contributed by atoms with Gasteiger partial charge in [-0.2, -0.15) is 0 Å². The van der Waals surface area contributed by atoms with Crippen LogP contribution in [0.3, 0.4) is 0 Å². The molecule has 6 atom stereocenters. The lowest BCUT2D eigenvalue weighted by molar-refractivity contribution is 0.00927. The van der Waals surface area contributed by atoms with Gasteiger partial charge >= 0.3 is 0 Å². The predicted molar refractivity (Wildman–Crippen MR) is 57.3 cm³/mol. The molecule has 0 heterocycles. The highest BCUT2D eigenvalue weighted by molar-refractivity contribution is 5.13. The highest BCUT2D eigenvalue weighted by Crippen LogP contribution is 2.62. The second-order valence-electron chi connectivity index (χ2n) is 5.78. The number of nitrogens with two attached hydrogens (primary N) is 1. The van der Waals surface area contributed by atoms with Crippen molar-refractivity contribution in [1.82, 2.24) is 0 Å². The van der Waals surface area contributed by atoms with E-state index in [0.29, 0.717) is 6.04 Å². The van der Waals surface area contributed by atoms with Gasteiger partial charge in [-0.15, -0.1) is 0 Å². The first-order valence-corrected chi connectivity index (χ1v) is 6.14. The van der Waals surface area contributed by atoms with E-state index in [0.717, 1.165) is 24.7 Å². The molecule has 1 spiro atoms. The molecule has 3 saturated carbocycles. The normalized spacial score (nSPS) is 58.2. The van der Waals surface area contributed by atoms with Crippen molar-refractivity contribution >= 4 is 0 Å². The third-order valence-corrected chi connectivity index (χ3v) is 5.36. The van der Waals surface area contributed by atoms with Gasteiger partial charge in [0.15, 0.2) is 0 Å². The van der Waals surface area contributed by atoms with Crippen LogP contribution in [0, 0.1) is 17.3 Å². The van der Waals surface area contributed by atoms with Gasteiger partial charge < -0.3 is 15.6 Å². The van der Waals surface area contributed by atoms with Crippen LogP contribution in [-0.2, 0) is 4.74 Å². The largest absolute Gasteiger partial charge is 0.390 e. The Morgan fingerprint density at radius 1 is 1.33 bits per heavy atom. The average molecular weight is 211 g/mol. The van der Waals surface area contributed by atoms with Crippen LogP contribution in [0.1, 0.15) is 32.1 Å². The molecule has 3 fully saturated rings. The SMILES string of the molecule is CO[C@H]1C[C@]2(CC1O)[C@@H]1CC[C@@H](C1)[C@@H]2N. The van der Waals surface area contributed by atoms with Gasteiger partial charge in [0.1, 0.15) is 0 Å². The maximum absolute atomic E-state index is 9.98. The summed E-state index contributed by atoms with van der Waals surface area (Å²) in [7, 11) is 1.70. The van der Waals surface area contributed by atoms with Crippen LogP contribution in [0.25, 0.3) is 0 Å². The molecule has 0 aromatic carbocycles. The topological polar surface area (TPSA) is 55.5 Å². The van der Waals surface area contributed by atoms with Crippen molar-refractivity contribution in [2.24, 2.45) is 23.0 Å².